The highest BCUT2D eigenvalue weighted by Crippen LogP contribution is 2.42. The number of alkyl halides is 2. The molecule has 2 aliphatic rings. The van der Waals surface area contributed by atoms with Crippen LogP contribution in [0.3, 0.4) is 0 Å². The summed E-state index contributed by atoms with van der Waals surface area (Å²) in [6.07, 6.45) is -4.61. The van der Waals surface area contributed by atoms with Crippen LogP contribution in [0.25, 0.3) is 11.0 Å². The van der Waals surface area contributed by atoms with E-state index in [1.807, 2.05) is 0 Å². The monoisotopic (exact) mass is 481 g/mol. The molecule has 2 aromatic heterocycles. The first-order valence-electron chi connectivity index (χ1n) is 10.8. The number of fused-ring (bicyclic) bond motifs is 2. The Morgan fingerprint density at radius 1 is 1.24 bits per heavy atom. The second-order valence-electron chi connectivity index (χ2n) is 8.79. The fraction of sp³-hybridized carbons (Fsp3) is 0.455. The number of anilines is 1. The van der Waals surface area contributed by atoms with E-state index >= 15 is 0 Å². The van der Waals surface area contributed by atoms with Gasteiger partial charge in [-0.2, -0.15) is 0 Å². The summed E-state index contributed by atoms with van der Waals surface area (Å²) in [6.45, 7) is 2.34. The van der Waals surface area contributed by atoms with Gasteiger partial charge in [0.25, 0.3) is 6.43 Å². The standard InChI is InChI=1S/C22H23F4N5O3/c1-8-4-28-5-10-13(2-9(20(25)26)17(24)15(8)10)34-14-3-12(18(32)19(14)33)31-6-11(23)16-21(27)29-7-30-22(16)31/h2,6-8,12,14,18-20,28,32-33H,3-5H2,1H3,(H2,27,29,30)/t8-,12-,14+,18+,19-/m1/s1. The predicted octanol–water partition coefficient (Wildman–Crippen LogP) is 2.55. The van der Waals surface area contributed by atoms with Crippen molar-refractivity contribution >= 4 is 16.9 Å². The number of rotatable bonds is 4. The van der Waals surface area contributed by atoms with Crippen molar-refractivity contribution in [1.29, 1.82) is 0 Å². The second-order valence-corrected chi connectivity index (χ2v) is 8.79. The summed E-state index contributed by atoms with van der Waals surface area (Å²) in [6, 6.07) is 0.105. The van der Waals surface area contributed by atoms with Crippen molar-refractivity contribution in [2.24, 2.45) is 0 Å². The molecule has 1 aliphatic carbocycles. The molecule has 0 amide bonds. The van der Waals surface area contributed by atoms with Crippen LogP contribution in [-0.4, -0.2) is 49.6 Å². The van der Waals surface area contributed by atoms with E-state index in [0.717, 1.165) is 18.6 Å². The maximum Gasteiger partial charge on any atom is 0.266 e. The molecule has 0 spiro atoms. The number of nitrogens with zero attached hydrogens (tertiary/aromatic N) is 3. The Bertz CT molecular complexity index is 1250. The number of aliphatic hydroxyl groups excluding tert-OH is 2. The van der Waals surface area contributed by atoms with Crippen molar-refractivity contribution < 1.29 is 32.5 Å². The smallest absolute Gasteiger partial charge is 0.266 e. The Morgan fingerprint density at radius 3 is 2.74 bits per heavy atom. The van der Waals surface area contributed by atoms with Crippen LogP contribution in [0.2, 0.25) is 0 Å². The van der Waals surface area contributed by atoms with Gasteiger partial charge in [-0.25, -0.2) is 27.5 Å². The molecule has 1 aliphatic heterocycles. The zero-order chi connectivity index (χ0) is 24.3. The van der Waals surface area contributed by atoms with E-state index in [1.54, 1.807) is 6.92 Å². The molecule has 0 radical (unpaired) electrons. The average Bonchev–Trinajstić information content (AvgIpc) is 3.27. The second kappa shape index (κ2) is 8.36. The van der Waals surface area contributed by atoms with E-state index in [0.29, 0.717) is 12.1 Å². The van der Waals surface area contributed by atoms with E-state index in [9.17, 15) is 27.8 Å². The van der Waals surface area contributed by atoms with Gasteiger partial charge in [0.2, 0.25) is 0 Å². The van der Waals surface area contributed by atoms with Gasteiger partial charge in [0.05, 0.1) is 17.0 Å². The van der Waals surface area contributed by atoms with Crippen LogP contribution in [0.5, 0.6) is 5.75 Å². The molecule has 0 bridgehead atoms. The third kappa shape index (κ3) is 3.48. The number of aliphatic hydroxyl groups is 2. The number of halogens is 4. The van der Waals surface area contributed by atoms with E-state index in [-0.39, 0.29) is 47.0 Å². The molecular formula is C22H23F4N5O3. The number of hydrogen-bond acceptors (Lipinski definition) is 7. The highest BCUT2D eigenvalue weighted by atomic mass is 19.3. The van der Waals surface area contributed by atoms with Crippen LogP contribution in [0.1, 0.15) is 48.4 Å². The molecule has 1 fully saturated rings. The van der Waals surface area contributed by atoms with Crippen LogP contribution < -0.4 is 15.8 Å². The number of ether oxygens (including phenoxy) is 1. The van der Waals surface area contributed by atoms with E-state index < -0.39 is 48.0 Å². The van der Waals surface area contributed by atoms with Crippen LogP contribution in [0.15, 0.2) is 18.6 Å². The minimum absolute atomic E-state index is 0.00854. The summed E-state index contributed by atoms with van der Waals surface area (Å²) in [5, 5.41) is 24.5. The Kier molecular flexibility index (Phi) is 5.61. The zero-order valence-corrected chi connectivity index (χ0v) is 18.1. The summed E-state index contributed by atoms with van der Waals surface area (Å²) >= 11 is 0. The van der Waals surface area contributed by atoms with Gasteiger partial charge in [-0.1, -0.05) is 6.92 Å². The highest BCUT2D eigenvalue weighted by Gasteiger charge is 2.45. The van der Waals surface area contributed by atoms with Gasteiger partial charge in [0.15, 0.2) is 5.82 Å². The third-order valence-electron chi connectivity index (χ3n) is 6.71. The summed E-state index contributed by atoms with van der Waals surface area (Å²) in [7, 11) is 0. The molecule has 1 saturated carbocycles. The molecule has 1 aromatic carbocycles. The topological polar surface area (TPSA) is 118 Å². The highest BCUT2D eigenvalue weighted by molar-refractivity contribution is 5.86. The van der Waals surface area contributed by atoms with Gasteiger partial charge >= 0.3 is 0 Å². The van der Waals surface area contributed by atoms with Crippen LogP contribution in [0, 0.1) is 11.6 Å². The van der Waals surface area contributed by atoms with E-state index in [2.05, 4.69) is 15.3 Å². The molecule has 182 valence electrons. The summed E-state index contributed by atoms with van der Waals surface area (Å²) < 4.78 is 63.8. The predicted molar refractivity (Wildman–Crippen MR) is 113 cm³/mol. The molecule has 8 nitrogen and oxygen atoms in total. The normalized spacial score (nSPS) is 26.9. The zero-order valence-electron chi connectivity index (χ0n) is 18.1. The van der Waals surface area contributed by atoms with Crippen molar-refractivity contribution in [3.8, 4) is 5.75 Å². The molecule has 12 heteroatoms. The van der Waals surface area contributed by atoms with Gasteiger partial charge in [-0.05, 0) is 12.0 Å². The lowest BCUT2D eigenvalue weighted by Crippen LogP contribution is -2.35. The number of hydrogen-bond donors (Lipinski definition) is 4. The molecule has 0 unspecified atom stereocenters. The van der Waals surface area contributed by atoms with E-state index in [4.69, 9.17) is 10.5 Å². The molecule has 5 N–H and O–H groups in total. The molecule has 3 heterocycles. The Morgan fingerprint density at radius 2 is 2.00 bits per heavy atom. The molecular weight excluding hydrogens is 458 g/mol. The summed E-state index contributed by atoms with van der Waals surface area (Å²) in [5.74, 6) is -2.06. The van der Waals surface area contributed by atoms with Crippen molar-refractivity contribution in [2.75, 3.05) is 12.3 Å². The summed E-state index contributed by atoms with van der Waals surface area (Å²) in [5.41, 5.74) is 5.65. The number of benzene rings is 1. The molecule has 5 atom stereocenters. The van der Waals surface area contributed by atoms with Crippen molar-refractivity contribution in [3.63, 3.8) is 0 Å². The SMILES string of the molecule is C[C@@H]1CNCc2c(O[C@H]3C[C@@H](n4cc(F)c5c(N)ncnc54)[C@H](O)[C@@H]3O)cc(C(F)F)c(F)c21. The largest absolute Gasteiger partial charge is 0.487 e. The lowest BCUT2D eigenvalue weighted by atomic mass is 9.89. The molecule has 0 saturated heterocycles. The fourth-order valence-electron chi connectivity index (χ4n) is 5.03. The van der Waals surface area contributed by atoms with Gasteiger partial charge in [0.1, 0.15) is 47.7 Å². The third-order valence-corrected chi connectivity index (χ3v) is 6.71. The maximum absolute atomic E-state index is 14.8. The van der Waals surface area contributed by atoms with Crippen LogP contribution >= 0.6 is 0 Å². The Balaban J connectivity index is 1.51. The quantitative estimate of drug-likeness (QED) is 0.423. The minimum Gasteiger partial charge on any atom is -0.487 e. The van der Waals surface area contributed by atoms with Crippen LogP contribution in [0.4, 0.5) is 23.4 Å². The first-order chi connectivity index (χ1) is 16.2. The number of nitrogens with two attached hydrogens (primary N) is 1. The number of aromatic nitrogens is 3. The lowest BCUT2D eigenvalue weighted by Gasteiger charge is -2.29. The lowest BCUT2D eigenvalue weighted by molar-refractivity contribution is -0.0168. The van der Waals surface area contributed by atoms with Crippen molar-refractivity contribution in [2.45, 2.75) is 56.6 Å². The Hall–Kier alpha value is -2.96. The van der Waals surface area contributed by atoms with Crippen LogP contribution in [-0.2, 0) is 6.54 Å². The molecule has 34 heavy (non-hydrogen) atoms. The van der Waals surface area contributed by atoms with Crippen molar-refractivity contribution in [1.82, 2.24) is 19.9 Å². The first kappa shape index (κ1) is 22.8. The fourth-order valence-corrected chi connectivity index (χ4v) is 5.03. The van der Waals surface area contributed by atoms with Gasteiger partial charge in [0, 0.05) is 36.8 Å². The minimum atomic E-state index is -3.05. The van der Waals surface area contributed by atoms with Gasteiger partial charge < -0.3 is 30.6 Å². The number of nitrogen functional groups attached to an aromatic ring is 1. The molecule has 5 rings (SSSR count). The first-order valence-corrected chi connectivity index (χ1v) is 10.8. The number of nitrogens with one attached hydrogen (secondary N) is 1. The van der Waals surface area contributed by atoms with Gasteiger partial charge in [-0.15, -0.1) is 0 Å². The van der Waals surface area contributed by atoms with E-state index in [1.165, 1.54) is 4.57 Å². The Labute approximate surface area is 191 Å². The van der Waals surface area contributed by atoms with Crippen molar-refractivity contribution in [3.05, 3.63) is 46.9 Å². The average molecular weight is 481 g/mol. The van der Waals surface area contributed by atoms with Gasteiger partial charge in [-0.3, -0.25) is 0 Å². The maximum atomic E-state index is 14.8. The molecule has 3 aromatic rings. The summed E-state index contributed by atoms with van der Waals surface area (Å²) in [4.78, 5) is 7.82.